The van der Waals surface area contributed by atoms with E-state index in [1.165, 1.54) is 0 Å². The van der Waals surface area contributed by atoms with E-state index in [9.17, 15) is 4.79 Å². The molecule has 5 heteroatoms. The normalized spacial score (nSPS) is 16.2. The molecule has 0 aromatic carbocycles. The van der Waals surface area contributed by atoms with E-state index < -0.39 is 11.5 Å². The molecule has 5 nitrogen and oxygen atoms in total. The summed E-state index contributed by atoms with van der Waals surface area (Å²) in [6.07, 6.45) is 1.19. The Kier molecular flexibility index (Phi) is 2.27. The molecule has 1 saturated carbocycles. The Morgan fingerprint density at radius 1 is 1.62 bits per heavy atom. The number of aliphatic carboxylic acids is 1. The summed E-state index contributed by atoms with van der Waals surface area (Å²) in [5.74, 6) is -0.411. The fourth-order valence-corrected chi connectivity index (χ4v) is 1.56. The van der Waals surface area contributed by atoms with Gasteiger partial charge in [-0.05, 0) is 31.9 Å². The van der Waals surface area contributed by atoms with Crippen molar-refractivity contribution >= 4 is 11.8 Å². The van der Waals surface area contributed by atoms with Crippen LogP contribution in [0.5, 0.6) is 0 Å². The maximum absolute atomic E-state index is 11.0. The van der Waals surface area contributed by atoms with E-state index in [0.29, 0.717) is 29.9 Å². The number of aryl methyl sites for hydroxylation is 1. The first-order valence-electron chi connectivity index (χ1n) is 4.96. The van der Waals surface area contributed by atoms with Crippen LogP contribution in [-0.4, -0.2) is 21.6 Å². The second-order valence-corrected chi connectivity index (χ2v) is 4.01. The van der Waals surface area contributed by atoms with E-state index in [1.807, 2.05) is 6.07 Å². The summed E-state index contributed by atoms with van der Waals surface area (Å²) in [6, 6.07) is 5.24. The number of anilines is 1. The molecule has 1 aromatic rings. The zero-order valence-corrected chi connectivity index (χ0v) is 8.82. The Hall–Kier alpha value is -2.09. The Morgan fingerprint density at radius 3 is 2.81 bits per heavy atom. The van der Waals surface area contributed by atoms with Gasteiger partial charge >= 0.3 is 5.97 Å². The van der Waals surface area contributed by atoms with E-state index in [-0.39, 0.29) is 0 Å². The van der Waals surface area contributed by atoms with Gasteiger partial charge in [0.1, 0.15) is 11.4 Å². The van der Waals surface area contributed by atoms with E-state index in [0.717, 1.165) is 0 Å². The first-order valence-corrected chi connectivity index (χ1v) is 4.96. The van der Waals surface area contributed by atoms with Crippen molar-refractivity contribution in [3.05, 3.63) is 23.4 Å². The van der Waals surface area contributed by atoms with Gasteiger partial charge in [0.2, 0.25) is 0 Å². The molecule has 1 aliphatic rings. The van der Waals surface area contributed by atoms with Crippen molar-refractivity contribution in [2.75, 3.05) is 5.32 Å². The van der Waals surface area contributed by atoms with Crippen LogP contribution < -0.4 is 5.32 Å². The smallest absolute Gasteiger partial charge is 0.329 e. The van der Waals surface area contributed by atoms with Crippen LogP contribution in [0.2, 0.25) is 0 Å². The van der Waals surface area contributed by atoms with Gasteiger partial charge in [0.05, 0.1) is 11.6 Å². The van der Waals surface area contributed by atoms with Crippen LogP contribution >= 0.6 is 0 Å². The minimum atomic E-state index is -0.868. The fourth-order valence-electron chi connectivity index (χ4n) is 1.56. The molecule has 16 heavy (non-hydrogen) atoms. The van der Waals surface area contributed by atoms with Crippen molar-refractivity contribution in [1.82, 2.24) is 4.98 Å². The zero-order chi connectivity index (χ0) is 11.8. The molecule has 1 aromatic heterocycles. The lowest BCUT2D eigenvalue weighted by atomic mass is 10.2. The average molecular weight is 217 g/mol. The second-order valence-electron chi connectivity index (χ2n) is 4.01. The van der Waals surface area contributed by atoms with Gasteiger partial charge < -0.3 is 10.4 Å². The second kappa shape index (κ2) is 3.49. The summed E-state index contributed by atoms with van der Waals surface area (Å²) in [5, 5.41) is 20.7. The number of carboxylic acids is 1. The lowest BCUT2D eigenvalue weighted by Gasteiger charge is -2.13. The van der Waals surface area contributed by atoms with E-state index in [1.54, 1.807) is 19.1 Å². The lowest BCUT2D eigenvalue weighted by molar-refractivity contribution is -0.138. The third kappa shape index (κ3) is 1.82. The molecule has 1 fully saturated rings. The van der Waals surface area contributed by atoms with Gasteiger partial charge in [-0.3, -0.25) is 0 Å². The molecule has 0 radical (unpaired) electrons. The number of hydrogen-bond acceptors (Lipinski definition) is 4. The van der Waals surface area contributed by atoms with Gasteiger partial charge in [0, 0.05) is 5.69 Å². The van der Waals surface area contributed by atoms with Crippen LogP contribution in [0.1, 0.15) is 24.1 Å². The number of pyridine rings is 1. The third-order valence-electron chi connectivity index (χ3n) is 2.61. The molecule has 82 valence electrons. The number of carbonyl (C=O) groups is 1. The fraction of sp³-hybridized carbons (Fsp3) is 0.364. The number of nitriles is 1. The summed E-state index contributed by atoms with van der Waals surface area (Å²) >= 11 is 0. The highest BCUT2D eigenvalue weighted by atomic mass is 16.4. The van der Waals surface area contributed by atoms with Crippen molar-refractivity contribution in [2.45, 2.75) is 25.3 Å². The van der Waals surface area contributed by atoms with E-state index in [4.69, 9.17) is 10.4 Å². The SMILES string of the molecule is Cc1cc(C#N)cc(NC2(C(=O)O)CC2)n1. The van der Waals surface area contributed by atoms with Gasteiger partial charge in [-0.2, -0.15) is 5.26 Å². The predicted octanol–water partition coefficient (Wildman–Crippen LogP) is 1.29. The minimum absolute atomic E-state index is 0.455. The standard InChI is InChI=1S/C11H11N3O2/c1-7-4-8(6-12)5-9(13-7)14-11(2-3-11)10(15)16/h4-5H,2-3H2,1H3,(H,13,14)(H,15,16). The van der Waals surface area contributed by atoms with Gasteiger partial charge in [-0.15, -0.1) is 0 Å². The molecule has 2 rings (SSSR count). The highest BCUT2D eigenvalue weighted by molar-refractivity contribution is 5.86. The first kappa shape index (κ1) is 10.4. The summed E-state index contributed by atoms with van der Waals surface area (Å²) in [6.45, 7) is 1.77. The van der Waals surface area contributed by atoms with Crippen molar-refractivity contribution in [2.24, 2.45) is 0 Å². The molecule has 0 spiro atoms. The third-order valence-corrected chi connectivity index (χ3v) is 2.61. The van der Waals surface area contributed by atoms with E-state index >= 15 is 0 Å². The molecule has 0 bridgehead atoms. The highest BCUT2D eigenvalue weighted by Gasteiger charge is 2.50. The topological polar surface area (TPSA) is 86.0 Å². The molecule has 0 aliphatic heterocycles. The predicted molar refractivity (Wildman–Crippen MR) is 56.9 cm³/mol. The molecule has 0 unspecified atom stereocenters. The number of nitrogens with zero attached hydrogens (tertiary/aromatic N) is 2. The van der Waals surface area contributed by atoms with Crippen LogP contribution in [0, 0.1) is 18.3 Å². The number of carboxylic acid groups (broad SMARTS) is 1. The summed E-state index contributed by atoms with van der Waals surface area (Å²) in [4.78, 5) is 15.1. The molecule has 0 amide bonds. The molecular weight excluding hydrogens is 206 g/mol. The van der Waals surface area contributed by atoms with Crippen LogP contribution in [0.25, 0.3) is 0 Å². The number of rotatable bonds is 3. The largest absolute Gasteiger partial charge is 0.480 e. The van der Waals surface area contributed by atoms with Crippen LogP contribution in [0.4, 0.5) is 5.82 Å². The number of aromatic nitrogens is 1. The molecule has 0 atom stereocenters. The highest BCUT2D eigenvalue weighted by Crippen LogP contribution is 2.38. The summed E-state index contributed by atoms with van der Waals surface area (Å²) < 4.78 is 0. The van der Waals surface area contributed by atoms with Crippen molar-refractivity contribution < 1.29 is 9.90 Å². The van der Waals surface area contributed by atoms with Gasteiger partial charge in [-0.25, -0.2) is 9.78 Å². The number of hydrogen-bond donors (Lipinski definition) is 2. The zero-order valence-electron chi connectivity index (χ0n) is 8.82. The van der Waals surface area contributed by atoms with Crippen LogP contribution in [0.3, 0.4) is 0 Å². The molecule has 2 N–H and O–H groups in total. The molecule has 0 saturated heterocycles. The summed E-state index contributed by atoms with van der Waals surface area (Å²) in [7, 11) is 0. The quantitative estimate of drug-likeness (QED) is 0.796. The average Bonchev–Trinajstić information content (AvgIpc) is 2.98. The Bertz CT molecular complexity index is 486. The van der Waals surface area contributed by atoms with Crippen LogP contribution in [0.15, 0.2) is 12.1 Å². The molecular formula is C11H11N3O2. The van der Waals surface area contributed by atoms with Gasteiger partial charge in [0.15, 0.2) is 0 Å². The monoisotopic (exact) mass is 217 g/mol. The lowest BCUT2D eigenvalue weighted by Crippen LogP contribution is -2.31. The maximum atomic E-state index is 11.0. The summed E-state index contributed by atoms with van der Waals surface area (Å²) in [5.41, 5.74) is 0.312. The molecule has 1 heterocycles. The van der Waals surface area contributed by atoms with E-state index in [2.05, 4.69) is 10.3 Å². The number of nitrogens with one attached hydrogen (secondary N) is 1. The Morgan fingerprint density at radius 2 is 2.31 bits per heavy atom. The molecule has 1 aliphatic carbocycles. The van der Waals surface area contributed by atoms with Crippen molar-refractivity contribution in [3.63, 3.8) is 0 Å². The van der Waals surface area contributed by atoms with Gasteiger partial charge in [-0.1, -0.05) is 0 Å². The Balaban J connectivity index is 2.26. The van der Waals surface area contributed by atoms with Gasteiger partial charge in [0.25, 0.3) is 0 Å². The van der Waals surface area contributed by atoms with Crippen molar-refractivity contribution in [1.29, 1.82) is 5.26 Å². The Labute approximate surface area is 92.7 Å². The van der Waals surface area contributed by atoms with Crippen LogP contribution in [-0.2, 0) is 4.79 Å². The van der Waals surface area contributed by atoms with Crippen molar-refractivity contribution in [3.8, 4) is 6.07 Å². The first-order chi connectivity index (χ1) is 7.55. The maximum Gasteiger partial charge on any atom is 0.329 e. The minimum Gasteiger partial charge on any atom is -0.480 e.